The van der Waals surface area contributed by atoms with Gasteiger partial charge in [-0.1, -0.05) is 18.2 Å². The van der Waals surface area contributed by atoms with Crippen LogP contribution in [0, 0.1) is 12.7 Å². The summed E-state index contributed by atoms with van der Waals surface area (Å²) in [5.41, 5.74) is 9.20. The Morgan fingerprint density at radius 3 is 2.50 bits per heavy atom. The van der Waals surface area contributed by atoms with Gasteiger partial charge in [0.2, 0.25) is 0 Å². The Labute approximate surface area is 172 Å². The van der Waals surface area contributed by atoms with Gasteiger partial charge in [-0.25, -0.2) is 4.39 Å². The van der Waals surface area contributed by atoms with E-state index in [0.717, 1.165) is 36.3 Å². The van der Waals surface area contributed by atoms with Crippen LogP contribution in [0.5, 0.6) is 0 Å². The zero-order valence-corrected chi connectivity index (χ0v) is 17.2. The third-order valence-corrected chi connectivity index (χ3v) is 5.42. The van der Waals surface area contributed by atoms with E-state index in [9.17, 15) is 4.39 Å². The first kappa shape index (κ1) is 17.7. The van der Waals surface area contributed by atoms with Gasteiger partial charge < -0.3 is 4.42 Å². The maximum absolute atomic E-state index is 13.4. The third-order valence-electron chi connectivity index (χ3n) is 5.42. The molecule has 3 aromatic rings. The summed E-state index contributed by atoms with van der Waals surface area (Å²) >= 11 is 0. The van der Waals surface area contributed by atoms with Crippen LogP contribution in [-0.4, -0.2) is 0 Å². The topological polar surface area (TPSA) is 13.1 Å². The molecular weight excluding hydrogens is 402 g/mol. The second kappa shape index (κ2) is 6.78. The molecule has 2 aliphatic carbocycles. The van der Waals surface area contributed by atoms with Crippen molar-refractivity contribution in [3.63, 3.8) is 0 Å². The van der Waals surface area contributed by atoms with Gasteiger partial charge in [0.25, 0.3) is 0 Å². The van der Waals surface area contributed by atoms with E-state index < -0.39 is 0 Å². The Bertz CT molecular complexity index is 1010. The Morgan fingerprint density at radius 1 is 0.962 bits per heavy atom. The van der Waals surface area contributed by atoms with Gasteiger partial charge >= 0.3 is 0 Å². The Morgan fingerprint density at radius 2 is 1.77 bits per heavy atom. The van der Waals surface area contributed by atoms with Gasteiger partial charge in [-0.2, -0.15) is 0 Å². The molecule has 2 aromatic carbocycles. The Hall–Kier alpha value is -1.73. The molecule has 128 valence electrons. The van der Waals surface area contributed by atoms with E-state index in [1.54, 1.807) is 12.1 Å². The molecule has 1 nitrogen and oxygen atoms in total. The average Bonchev–Trinajstić information content (AvgIpc) is 3.32. The molecule has 0 bridgehead atoms. The quantitative estimate of drug-likeness (QED) is 0.496. The summed E-state index contributed by atoms with van der Waals surface area (Å²) in [5.74, 6) is 1.71. The molecule has 2 aliphatic rings. The zero-order chi connectivity index (χ0) is 17.0. The smallest absolute Gasteiger partial charge is 0.130 e. The van der Waals surface area contributed by atoms with E-state index in [2.05, 4.69) is 18.2 Å². The fourth-order valence-corrected chi connectivity index (χ4v) is 4.28. The fraction of sp³-hybridized carbons (Fsp3) is 0.217. The van der Waals surface area contributed by atoms with Crippen LogP contribution < -0.4 is 0 Å². The zero-order valence-electron chi connectivity index (χ0n) is 14.7. The standard InChI is InChI=1S/C23H19FO.Zr/c1-14-5-10-22(25-14)18-12-17-11-16-3-2-4-20(16)23(21(17)13-18)15-6-8-19(24)9-7-15;/h5-11,13H,2-4,12H2,1H3;. The molecule has 1 aromatic heterocycles. The van der Waals surface area contributed by atoms with Crippen molar-refractivity contribution in [2.24, 2.45) is 0 Å². The Balaban J connectivity index is 0.00000168. The Kier molecular flexibility index (Phi) is 4.61. The summed E-state index contributed by atoms with van der Waals surface area (Å²) in [5, 5.41) is 0. The van der Waals surface area contributed by atoms with Crippen LogP contribution in [0.4, 0.5) is 4.39 Å². The number of rotatable bonds is 2. The molecule has 0 atom stereocenters. The molecule has 0 aliphatic heterocycles. The summed E-state index contributed by atoms with van der Waals surface area (Å²) in [6, 6.07) is 13.4. The molecule has 0 unspecified atom stereocenters. The minimum Gasteiger partial charge on any atom is -0.462 e. The maximum atomic E-state index is 13.4. The van der Waals surface area contributed by atoms with Crippen LogP contribution in [0.2, 0.25) is 0 Å². The van der Waals surface area contributed by atoms with Crippen LogP contribution in [-0.2, 0) is 45.5 Å². The molecule has 1 heterocycles. The van der Waals surface area contributed by atoms with Crippen molar-refractivity contribution in [1.29, 1.82) is 0 Å². The van der Waals surface area contributed by atoms with Crippen molar-refractivity contribution < 1.29 is 35.0 Å². The minimum absolute atomic E-state index is 0. The first-order valence-corrected chi connectivity index (χ1v) is 8.90. The predicted octanol–water partition coefficient (Wildman–Crippen LogP) is 5.98. The summed E-state index contributed by atoms with van der Waals surface area (Å²) < 4.78 is 19.3. The largest absolute Gasteiger partial charge is 0.462 e. The van der Waals surface area contributed by atoms with Gasteiger partial charge in [0.05, 0.1) is 0 Å². The van der Waals surface area contributed by atoms with E-state index in [-0.39, 0.29) is 32.0 Å². The molecule has 0 spiro atoms. The second-order valence-electron chi connectivity index (χ2n) is 7.08. The number of hydrogen-bond donors (Lipinski definition) is 0. The van der Waals surface area contributed by atoms with Crippen molar-refractivity contribution >= 4 is 11.6 Å². The molecule has 0 N–H and O–H groups in total. The van der Waals surface area contributed by atoms with Gasteiger partial charge in [-0.3, -0.25) is 0 Å². The number of hydrogen-bond acceptors (Lipinski definition) is 1. The molecule has 0 saturated carbocycles. The first-order chi connectivity index (χ1) is 12.2. The number of halogens is 1. The average molecular weight is 422 g/mol. The van der Waals surface area contributed by atoms with Gasteiger partial charge in [0.15, 0.2) is 0 Å². The summed E-state index contributed by atoms with van der Waals surface area (Å²) in [6.45, 7) is 1.98. The number of allylic oxidation sites excluding steroid dienone is 1. The number of aryl methyl sites for hydroxylation is 2. The second-order valence-corrected chi connectivity index (χ2v) is 7.08. The molecule has 0 amide bonds. The fourth-order valence-electron chi connectivity index (χ4n) is 4.28. The van der Waals surface area contributed by atoms with Crippen molar-refractivity contribution in [2.45, 2.75) is 32.6 Å². The van der Waals surface area contributed by atoms with E-state index in [1.165, 1.54) is 39.8 Å². The summed E-state index contributed by atoms with van der Waals surface area (Å²) in [4.78, 5) is 0. The molecule has 0 radical (unpaired) electrons. The monoisotopic (exact) mass is 420 g/mol. The van der Waals surface area contributed by atoms with Crippen molar-refractivity contribution in [3.05, 3.63) is 82.1 Å². The predicted molar refractivity (Wildman–Crippen MR) is 98.9 cm³/mol. The van der Waals surface area contributed by atoms with Gasteiger partial charge in [0.1, 0.15) is 17.3 Å². The van der Waals surface area contributed by atoms with E-state index >= 15 is 0 Å². The van der Waals surface area contributed by atoms with Crippen LogP contribution in [0.1, 0.15) is 40.2 Å². The minimum atomic E-state index is -0.185. The van der Waals surface area contributed by atoms with Crippen molar-refractivity contribution in [1.82, 2.24) is 0 Å². The maximum Gasteiger partial charge on any atom is 0.130 e. The van der Waals surface area contributed by atoms with Crippen LogP contribution in [0.15, 0.2) is 46.9 Å². The van der Waals surface area contributed by atoms with Gasteiger partial charge in [-0.15, -0.1) is 0 Å². The normalized spacial score (nSPS) is 14.6. The molecular formula is C23H19FOZr. The number of benzene rings is 2. The first-order valence-electron chi connectivity index (χ1n) is 8.90. The van der Waals surface area contributed by atoms with Crippen LogP contribution >= 0.6 is 0 Å². The number of fused-ring (bicyclic) bond motifs is 2. The SMILES string of the molecule is Cc1ccc(C2=Cc3c(cc4c(c3-c3ccc(F)cc3)CCC4)C2)o1.[Zr]. The van der Waals surface area contributed by atoms with Crippen molar-refractivity contribution in [2.75, 3.05) is 0 Å². The van der Waals surface area contributed by atoms with Crippen LogP contribution in [0.25, 0.3) is 22.8 Å². The van der Waals surface area contributed by atoms with Crippen LogP contribution in [0.3, 0.4) is 0 Å². The molecule has 5 rings (SSSR count). The summed E-state index contributed by atoms with van der Waals surface area (Å²) in [6.07, 6.45) is 6.64. The molecule has 0 fully saturated rings. The summed E-state index contributed by atoms with van der Waals surface area (Å²) in [7, 11) is 0. The van der Waals surface area contributed by atoms with Crippen molar-refractivity contribution in [3.8, 4) is 11.1 Å². The van der Waals surface area contributed by atoms with E-state index in [4.69, 9.17) is 4.42 Å². The molecule has 0 saturated heterocycles. The molecule has 26 heavy (non-hydrogen) atoms. The van der Waals surface area contributed by atoms with Gasteiger partial charge in [-0.05, 0) is 95.5 Å². The van der Waals surface area contributed by atoms with Gasteiger partial charge in [0, 0.05) is 32.6 Å². The van der Waals surface area contributed by atoms with E-state index in [0.29, 0.717) is 0 Å². The number of furan rings is 1. The third kappa shape index (κ3) is 2.87. The van der Waals surface area contributed by atoms with E-state index in [1.807, 2.05) is 25.1 Å². The molecule has 3 heteroatoms.